The van der Waals surface area contributed by atoms with Gasteiger partial charge in [-0.05, 0) is 49.1 Å². The molecule has 1 N–H and O–H groups in total. The number of carbonyl (C=O) groups is 1. The predicted molar refractivity (Wildman–Crippen MR) is 112 cm³/mol. The van der Waals surface area contributed by atoms with Crippen molar-refractivity contribution >= 4 is 50.8 Å². The van der Waals surface area contributed by atoms with E-state index in [2.05, 4.69) is 0 Å². The number of rotatable bonds is 6. The highest BCUT2D eigenvalue weighted by Crippen LogP contribution is 2.44. The van der Waals surface area contributed by atoms with Gasteiger partial charge in [-0.1, -0.05) is 34.8 Å². The highest BCUT2D eigenvalue weighted by molar-refractivity contribution is 7.89. The second-order valence-electron chi connectivity index (χ2n) is 6.76. The largest absolute Gasteiger partial charge is 0.479 e. The number of sulfonamides is 1. The maximum atomic E-state index is 14.6. The number of aliphatic carboxylic acids is 1. The summed E-state index contributed by atoms with van der Waals surface area (Å²) >= 11 is 18.0. The molecule has 0 spiro atoms. The van der Waals surface area contributed by atoms with Crippen molar-refractivity contribution in [3.05, 3.63) is 56.3 Å². The summed E-state index contributed by atoms with van der Waals surface area (Å²) in [6.45, 7) is -0.749. The lowest BCUT2D eigenvalue weighted by atomic mass is 9.87. The Balaban J connectivity index is 2.08. The summed E-state index contributed by atoms with van der Waals surface area (Å²) in [6, 6.07) is 4.81. The lowest BCUT2D eigenvalue weighted by molar-refractivity contribution is -0.139. The quantitative estimate of drug-likeness (QED) is 0.612. The number of fused-ring (bicyclic) bond motifs is 1. The molecule has 0 radical (unpaired) electrons. The highest BCUT2D eigenvalue weighted by Gasteiger charge is 2.36. The molecule has 2 aromatic rings. The second kappa shape index (κ2) is 8.88. The molecule has 1 aliphatic carbocycles. The molecule has 0 bridgehead atoms. The number of hydrogen-bond acceptors (Lipinski definition) is 4. The molecule has 0 aromatic heterocycles. The summed E-state index contributed by atoms with van der Waals surface area (Å²) in [7, 11) is -2.66. The second-order valence-corrected chi connectivity index (χ2v) is 9.97. The molecule has 0 amide bonds. The van der Waals surface area contributed by atoms with Crippen LogP contribution in [-0.4, -0.2) is 37.5 Å². The van der Waals surface area contributed by atoms with Crippen LogP contribution in [0.5, 0.6) is 5.75 Å². The third kappa shape index (κ3) is 4.38. The molecule has 30 heavy (non-hydrogen) atoms. The van der Waals surface area contributed by atoms with E-state index in [1.165, 1.54) is 31.3 Å². The van der Waals surface area contributed by atoms with Crippen molar-refractivity contribution in [2.75, 3.05) is 13.7 Å². The lowest BCUT2D eigenvalue weighted by Gasteiger charge is -2.33. The molecule has 6 nitrogen and oxygen atoms in total. The molecule has 0 aliphatic heterocycles. The first-order valence-corrected chi connectivity index (χ1v) is 11.4. The molecule has 1 aliphatic rings. The van der Waals surface area contributed by atoms with Gasteiger partial charge in [-0.2, -0.15) is 4.31 Å². The van der Waals surface area contributed by atoms with Crippen LogP contribution in [0.3, 0.4) is 0 Å². The topological polar surface area (TPSA) is 83.9 Å². The van der Waals surface area contributed by atoms with Gasteiger partial charge < -0.3 is 9.84 Å². The molecule has 3 rings (SSSR count). The van der Waals surface area contributed by atoms with E-state index in [-0.39, 0.29) is 25.7 Å². The monoisotopic (exact) mass is 495 g/mol. The van der Waals surface area contributed by atoms with Crippen LogP contribution >= 0.6 is 34.8 Å². The van der Waals surface area contributed by atoms with Gasteiger partial charge in [0, 0.05) is 17.6 Å². The fourth-order valence-electron chi connectivity index (χ4n) is 3.50. The van der Waals surface area contributed by atoms with Gasteiger partial charge in [0.15, 0.2) is 18.2 Å². The Morgan fingerprint density at radius 3 is 2.63 bits per heavy atom. The molecule has 0 fully saturated rings. The van der Waals surface area contributed by atoms with Gasteiger partial charge in [0.25, 0.3) is 0 Å². The van der Waals surface area contributed by atoms with Crippen LogP contribution in [0.2, 0.25) is 15.1 Å². The summed E-state index contributed by atoms with van der Waals surface area (Å²) < 4.78 is 47.3. The van der Waals surface area contributed by atoms with Crippen molar-refractivity contribution in [3.63, 3.8) is 0 Å². The Hall–Kier alpha value is -1.58. The molecular formula is C19H17Cl3FNO5S. The number of nitrogens with zero attached hydrogens (tertiary/aromatic N) is 1. The minimum Gasteiger partial charge on any atom is -0.479 e. The average Bonchev–Trinajstić information content (AvgIpc) is 2.69. The Morgan fingerprint density at radius 2 is 1.97 bits per heavy atom. The maximum Gasteiger partial charge on any atom is 0.341 e. The van der Waals surface area contributed by atoms with Crippen molar-refractivity contribution in [3.8, 4) is 5.75 Å². The Bertz CT molecular complexity index is 1110. The van der Waals surface area contributed by atoms with Crippen molar-refractivity contribution in [2.45, 2.75) is 30.2 Å². The molecule has 1 unspecified atom stereocenters. The standard InChI is InChI=1S/C19H17Cl3FNO5S/c1-24(30(27,28)16-7-10(20)5-6-13(16)21)15-4-2-3-11-12(15)8-14(22)18(23)19(11)29-9-17(25)26/h5-8,15H,2-4,9H2,1H3,(H,25,26). The summed E-state index contributed by atoms with van der Waals surface area (Å²) in [4.78, 5) is 10.7. The van der Waals surface area contributed by atoms with Crippen molar-refractivity contribution < 1.29 is 27.4 Å². The molecule has 1 atom stereocenters. The van der Waals surface area contributed by atoms with Gasteiger partial charge in [0.05, 0.1) is 16.1 Å². The lowest BCUT2D eigenvalue weighted by Crippen LogP contribution is -2.34. The van der Waals surface area contributed by atoms with Gasteiger partial charge >= 0.3 is 5.97 Å². The number of ether oxygens (including phenoxy) is 1. The van der Waals surface area contributed by atoms with E-state index in [0.717, 1.165) is 4.31 Å². The van der Waals surface area contributed by atoms with Crippen LogP contribution < -0.4 is 4.74 Å². The third-order valence-corrected chi connectivity index (χ3v) is 7.76. The van der Waals surface area contributed by atoms with Crippen LogP contribution in [0.25, 0.3) is 0 Å². The van der Waals surface area contributed by atoms with E-state index < -0.39 is 34.5 Å². The molecule has 162 valence electrons. The van der Waals surface area contributed by atoms with Gasteiger partial charge in [0.1, 0.15) is 4.90 Å². The Kier molecular flexibility index (Phi) is 6.84. The first-order valence-electron chi connectivity index (χ1n) is 8.82. The summed E-state index contributed by atoms with van der Waals surface area (Å²) in [5, 5.41) is 8.82. The first kappa shape index (κ1) is 23.1. The van der Waals surface area contributed by atoms with Crippen LogP contribution in [0.1, 0.15) is 30.0 Å². The van der Waals surface area contributed by atoms with Crippen LogP contribution in [0, 0.1) is 5.82 Å². The van der Waals surface area contributed by atoms with E-state index in [4.69, 9.17) is 44.6 Å². The van der Waals surface area contributed by atoms with E-state index in [0.29, 0.717) is 30.4 Å². The zero-order valence-electron chi connectivity index (χ0n) is 15.7. The molecule has 2 aromatic carbocycles. The smallest absolute Gasteiger partial charge is 0.341 e. The van der Waals surface area contributed by atoms with Crippen molar-refractivity contribution in [1.82, 2.24) is 4.31 Å². The number of halogens is 4. The number of carboxylic acids is 1. The Labute approximate surface area is 188 Å². The normalized spacial score (nSPS) is 16.4. The fourth-order valence-corrected chi connectivity index (χ4v) is 5.81. The minimum atomic E-state index is -4.05. The van der Waals surface area contributed by atoms with Crippen LogP contribution in [0.15, 0.2) is 29.2 Å². The molecule has 0 saturated carbocycles. The van der Waals surface area contributed by atoms with E-state index >= 15 is 0 Å². The SMILES string of the molecule is CN(C1CCCc2c1cc(Cl)c(F)c2OCC(=O)O)S(=O)(=O)c1cc(Cl)ccc1Cl. The number of hydrogen-bond donors (Lipinski definition) is 1. The average molecular weight is 497 g/mol. The summed E-state index contributed by atoms with van der Waals surface area (Å²) in [6.07, 6.45) is 1.37. The van der Waals surface area contributed by atoms with E-state index in [9.17, 15) is 17.6 Å². The first-order chi connectivity index (χ1) is 14.0. The van der Waals surface area contributed by atoms with Crippen molar-refractivity contribution in [2.24, 2.45) is 0 Å². The van der Waals surface area contributed by atoms with Crippen molar-refractivity contribution in [1.29, 1.82) is 0 Å². The van der Waals surface area contributed by atoms with Crippen LogP contribution in [-0.2, 0) is 21.2 Å². The number of benzene rings is 2. The van der Waals surface area contributed by atoms with Gasteiger partial charge in [0.2, 0.25) is 10.0 Å². The van der Waals surface area contributed by atoms with E-state index in [1.54, 1.807) is 0 Å². The van der Waals surface area contributed by atoms with Gasteiger partial charge in [-0.15, -0.1) is 0 Å². The van der Waals surface area contributed by atoms with Gasteiger partial charge in [-0.3, -0.25) is 0 Å². The molecule has 0 heterocycles. The molecule has 11 heteroatoms. The zero-order valence-corrected chi connectivity index (χ0v) is 18.7. The Morgan fingerprint density at radius 1 is 1.27 bits per heavy atom. The maximum absolute atomic E-state index is 14.6. The number of carboxylic acid groups (broad SMARTS) is 1. The fraction of sp³-hybridized carbons (Fsp3) is 0.316. The molecule has 0 saturated heterocycles. The molecular weight excluding hydrogens is 480 g/mol. The summed E-state index contributed by atoms with van der Waals surface area (Å²) in [5.41, 5.74) is 0.853. The third-order valence-electron chi connectivity index (χ3n) is 4.91. The predicted octanol–water partition coefficient (Wildman–Crippen LogP) is 4.95. The summed E-state index contributed by atoms with van der Waals surface area (Å²) in [5.74, 6) is -2.41. The van der Waals surface area contributed by atoms with E-state index in [1.807, 2.05) is 0 Å². The van der Waals surface area contributed by atoms with Crippen LogP contribution in [0.4, 0.5) is 4.39 Å². The zero-order chi connectivity index (χ0) is 22.2. The van der Waals surface area contributed by atoms with Gasteiger partial charge in [-0.25, -0.2) is 17.6 Å². The minimum absolute atomic E-state index is 0.0184. The highest BCUT2D eigenvalue weighted by atomic mass is 35.5.